The van der Waals surface area contributed by atoms with E-state index in [9.17, 15) is 22.8 Å². The maximum Gasteiger partial charge on any atom is 0.426 e. The first-order valence-electron chi connectivity index (χ1n) is 7.92. The molecule has 1 heterocycles. The number of carboxylic acids is 1. The van der Waals surface area contributed by atoms with Gasteiger partial charge in [0.25, 0.3) is 0 Å². The normalized spacial score (nSPS) is 19.3. The van der Waals surface area contributed by atoms with Gasteiger partial charge in [0.1, 0.15) is 11.7 Å². The van der Waals surface area contributed by atoms with Crippen molar-refractivity contribution in [1.29, 1.82) is 0 Å². The predicted octanol–water partition coefficient (Wildman–Crippen LogP) is 3.68. The van der Waals surface area contributed by atoms with Crippen molar-refractivity contribution in [3.63, 3.8) is 0 Å². The van der Waals surface area contributed by atoms with Crippen LogP contribution < -0.4 is 4.74 Å². The van der Waals surface area contributed by atoms with Gasteiger partial charge in [0.2, 0.25) is 6.10 Å². The monoisotopic (exact) mass is 364 g/mol. The zero-order valence-corrected chi connectivity index (χ0v) is 13.5. The lowest BCUT2D eigenvalue weighted by Crippen LogP contribution is -2.47. The standard InChI is InChI=1S/C19H15F3O4/c20-19(21,22)17-14(18(24)25)10-13-9-12(6-7-16(13)26-17)15(23)8-11-4-2-1-3-5-11/h1-7,9,14,17H,8,10H2,(H,24,25)/t14-,17+/m1/s1. The van der Waals surface area contributed by atoms with E-state index in [2.05, 4.69) is 0 Å². The van der Waals surface area contributed by atoms with Crippen LogP contribution in [-0.2, 0) is 17.6 Å². The van der Waals surface area contributed by atoms with E-state index in [1.807, 2.05) is 6.07 Å². The van der Waals surface area contributed by atoms with Gasteiger partial charge in [0.05, 0.1) is 0 Å². The summed E-state index contributed by atoms with van der Waals surface area (Å²) in [4.78, 5) is 23.6. The van der Waals surface area contributed by atoms with Gasteiger partial charge < -0.3 is 9.84 Å². The van der Waals surface area contributed by atoms with Crippen molar-refractivity contribution >= 4 is 11.8 Å². The number of hydrogen-bond acceptors (Lipinski definition) is 3. The molecule has 7 heteroatoms. The third-order valence-electron chi connectivity index (χ3n) is 4.29. The number of hydrogen-bond donors (Lipinski definition) is 1. The van der Waals surface area contributed by atoms with Crippen molar-refractivity contribution in [2.45, 2.75) is 25.1 Å². The number of carbonyl (C=O) groups is 2. The average molecular weight is 364 g/mol. The first kappa shape index (κ1) is 18.0. The minimum absolute atomic E-state index is 0.0407. The van der Waals surface area contributed by atoms with Crippen LogP contribution in [-0.4, -0.2) is 29.1 Å². The van der Waals surface area contributed by atoms with Gasteiger partial charge in [-0.3, -0.25) is 9.59 Å². The Bertz CT molecular complexity index is 830. The first-order chi connectivity index (χ1) is 12.3. The number of ether oxygens (including phenoxy) is 1. The van der Waals surface area contributed by atoms with Gasteiger partial charge in [-0.15, -0.1) is 0 Å². The van der Waals surface area contributed by atoms with Crippen molar-refractivity contribution in [2.75, 3.05) is 0 Å². The molecular formula is C19H15F3O4. The van der Waals surface area contributed by atoms with Gasteiger partial charge in [-0.05, 0) is 35.7 Å². The molecule has 3 rings (SSSR count). The Morgan fingerprint density at radius 3 is 2.42 bits per heavy atom. The van der Waals surface area contributed by atoms with E-state index in [0.717, 1.165) is 5.56 Å². The zero-order valence-electron chi connectivity index (χ0n) is 13.5. The molecule has 0 amide bonds. The lowest BCUT2D eigenvalue weighted by atomic mass is 9.88. The number of benzene rings is 2. The second kappa shape index (κ2) is 6.82. The van der Waals surface area contributed by atoms with Crippen LogP contribution in [0.3, 0.4) is 0 Å². The molecule has 1 aliphatic rings. The largest absolute Gasteiger partial charge is 0.481 e. The van der Waals surface area contributed by atoms with Crippen LogP contribution in [0.2, 0.25) is 0 Å². The second-order valence-corrected chi connectivity index (χ2v) is 6.14. The lowest BCUT2D eigenvalue weighted by Gasteiger charge is -2.32. The maximum atomic E-state index is 13.1. The summed E-state index contributed by atoms with van der Waals surface area (Å²) in [6.07, 6.45) is -7.39. The molecule has 0 bridgehead atoms. The Morgan fingerprint density at radius 2 is 1.81 bits per heavy atom. The summed E-state index contributed by atoms with van der Waals surface area (Å²) in [5.41, 5.74) is 1.41. The number of alkyl halides is 3. The van der Waals surface area contributed by atoms with Gasteiger partial charge in [0.15, 0.2) is 5.78 Å². The van der Waals surface area contributed by atoms with Crippen LogP contribution in [0, 0.1) is 5.92 Å². The highest BCUT2D eigenvalue weighted by atomic mass is 19.4. The minimum Gasteiger partial charge on any atom is -0.481 e. The quantitative estimate of drug-likeness (QED) is 0.841. The third-order valence-corrected chi connectivity index (χ3v) is 4.29. The van der Waals surface area contributed by atoms with Crippen LogP contribution in [0.15, 0.2) is 48.5 Å². The van der Waals surface area contributed by atoms with Crippen LogP contribution in [0.4, 0.5) is 13.2 Å². The smallest absolute Gasteiger partial charge is 0.426 e. The van der Waals surface area contributed by atoms with E-state index in [1.165, 1.54) is 18.2 Å². The number of ketones is 1. The number of halogens is 3. The summed E-state index contributed by atoms with van der Waals surface area (Å²) >= 11 is 0. The Kier molecular flexibility index (Phi) is 4.71. The SMILES string of the molecule is O=C(Cc1ccccc1)c1ccc2c(c1)C[C@@H](C(=O)O)[C@@H](C(F)(F)F)O2. The fourth-order valence-electron chi connectivity index (χ4n) is 2.99. The molecule has 0 aliphatic carbocycles. The van der Waals surface area contributed by atoms with Crippen molar-refractivity contribution in [3.8, 4) is 5.75 Å². The van der Waals surface area contributed by atoms with Crippen molar-refractivity contribution in [3.05, 3.63) is 65.2 Å². The Hall–Kier alpha value is -2.83. The fourth-order valence-corrected chi connectivity index (χ4v) is 2.99. The first-order valence-corrected chi connectivity index (χ1v) is 7.92. The molecule has 0 unspecified atom stereocenters. The molecular weight excluding hydrogens is 349 g/mol. The van der Waals surface area contributed by atoms with E-state index in [-0.39, 0.29) is 29.9 Å². The molecule has 1 aliphatic heterocycles. The molecule has 2 aromatic rings. The van der Waals surface area contributed by atoms with Gasteiger partial charge >= 0.3 is 12.1 Å². The molecule has 0 radical (unpaired) electrons. The minimum atomic E-state index is -4.79. The fraction of sp³-hybridized carbons (Fsp3) is 0.263. The van der Waals surface area contributed by atoms with Gasteiger partial charge in [-0.2, -0.15) is 13.2 Å². The lowest BCUT2D eigenvalue weighted by molar-refractivity contribution is -0.217. The van der Waals surface area contributed by atoms with Gasteiger partial charge in [-0.1, -0.05) is 30.3 Å². The van der Waals surface area contributed by atoms with Crippen molar-refractivity contribution in [1.82, 2.24) is 0 Å². The van der Waals surface area contributed by atoms with E-state index in [4.69, 9.17) is 9.84 Å². The third kappa shape index (κ3) is 3.71. The zero-order chi connectivity index (χ0) is 18.9. The van der Waals surface area contributed by atoms with Crippen LogP contribution in [0.1, 0.15) is 21.5 Å². The molecule has 0 fully saturated rings. The molecule has 0 aromatic heterocycles. The van der Waals surface area contributed by atoms with Crippen LogP contribution in [0.5, 0.6) is 5.75 Å². The highest BCUT2D eigenvalue weighted by Crippen LogP contribution is 2.38. The Labute approximate surface area is 147 Å². The maximum absolute atomic E-state index is 13.1. The summed E-state index contributed by atoms with van der Waals surface area (Å²) < 4.78 is 44.1. The number of rotatable bonds is 4. The van der Waals surface area contributed by atoms with E-state index < -0.39 is 24.2 Å². The average Bonchev–Trinajstić information content (AvgIpc) is 2.60. The van der Waals surface area contributed by atoms with E-state index in [0.29, 0.717) is 5.56 Å². The predicted molar refractivity (Wildman–Crippen MR) is 86.2 cm³/mol. The molecule has 0 saturated heterocycles. The highest BCUT2D eigenvalue weighted by Gasteiger charge is 2.52. The van der Waals surface area contributed by atoms with Gasteiger partial charge in [0, 0.05) is 12.0 Å². The number of carbonyl (C=O) groups excluding carboxylic acids is 1. The number of fused-ring (bicyclic) bond motifs is 1. The van der Waals surface area contributed by atoms with Crippen LogP contribution in [0.25, 0.3) is 0 Å². The molecule has 26 heavy (non-hydrogen) atoms. The number of carboxylic acid groups (broad SMARTS) is 1. The molecule has 2 atom stereocenters. The van der Waals surface area contributed by atoms with E-state index >= 15 is 0 Å². The molecule has 1 N–H and O–H groups in total. The second-order valence-electron chi connectivity index (χ2n) is 6.14. The molecule has 0 saturated carbocycles. The molecule has 0 spiro atoms. The number of aliphatic carboxylic acids is 1. The van der Waals surface area contributed by atoms with Crippen molar-refractivity contribution < 1.29 is 32.6 Å². The Morgan fingerprint density at radius 1 is 1.12 bits per heavy atom. The summed E-state index contributed by atoms with van der Waals surface area (Å²) in [6.45, 7) is 0. The summed E-state index contributed by atoms with van der Waals surface area (Å²) in [6, 6.07) is 13.1. The molecule has 136 valence electrons. The topological polar surface area (TPSA) is 63.6 Å². The summed E-state index contributed by atoms with van der Waals surface area (Å²) in [5.74, 6) is -3.58. The van der Waals surface area contributed by atoms with Gasteiger partial charge in [-0.25, -0.2) is 0 Å². The molecule has 4 nitrogen and oxygen atoms in total. The van der Waals surface area contributed by atoms with Crippen molar-refractivity contribution in [2.24, 2.45) is 5.92 Å². The summed E-state index contributed by atoms with van der Waals surface area (Å²) in [7, 11) is 0. The van der Waals surface area contributed by atoms with Crippen LogP contribution >= 0.6 is 0 Å². The summed E-state index contributed by atoms with van der Waals surface area (Å²) in [5, 5.41) is 9.12. The Balaban J connectivity index is 1.86. The number of Topliss-reactive ketones (excluding diaryl/α,β-unsaturated/α-hetero) is 1. The molecule has 2 aromatic carbocycles. The highest BCUT2D eigenvalue weighted by molar-refractivity contribution is 5.97. The van der Waals surface area contributed by atoms with E-state index in [1.54, 1.807) is 24.3 Å².